The molecule has 1 saturated carbocycles. The number of H-pyrrole nitrogens is 1. The lowest BCUT2D eigenvalue weighted by atomic mass is 9.91. The molecular weight excluding hydrogens is 492 g/mol. The van der Waals surface area contributed by atoms with Crippen molar-refractivity contribution in [1.82, 2.24) is 10.2 Å². The summed E-state index contributed by atoms with van der Waals surface area (Å²) in [6.45, 7) is 5.35. The molecule has 3 aromatic rings. The van der Waals surface area contributed by atoms with E-state index < -0.39 is 23.6 Å². The maximum atomic E-state index is 12.7. The summed E-state index contributed by atoms with van der Waals surface area (Å²) in [6, 6.07) is 15.3. The van der Waals surface area contributed by atoms with Crippen LogP contribution in [0.2, 0.25) is 5.02 Å². The van der Waals surface area contributed by atoms with Gasteiger partial charge in [0.1, 0.15) is 6.10 Å². The minimum Gasteiger partial charge on any atom is -0.481 e. The predicted octanol–water partition coefficient (Wildman–Crippen LogP) is 6.18. The van der Waals surface area contributed by atoms with Gasteiger partial charge in [-0.2, -0.15) is 5.10 Å². The van der Waals surface area contributed by atoms with E-state index >= 15 is 0 Å². The van der Waals surface area contributed by atoms with Crippen LogP contribution in [0.25, 0.3) is 0 Å². The number of aromatic nitrogens is 2. The summed E-state index contributed by atoms with van der Waals surface area (Å²) < 4.78 is 5.59. The van der Waals surface area contributed by atoms with Crippen LogP contribution in [0.3, 0.4) is 0 Å². The van der Waals surface area contributed by atoms with Crippen molar-refractivity contribution in [3.63, 3.8) is 0 Å². The van der Waals surface area contributed by atoms with E-state index in [1.807, 2.05) is 49.4 Å². The van der Waals surface area contributed by atoms with Gasteiger partial charge in [-0.15, -0.1) is 0 Å². The highest BCUT2D eigenvalue weighted by atomic mass is 35.5. The van der Waals surface area contributed by atoms with E-state index in [2.05, 4.69) is 20.4 Å². The van der Waals surface area contributed by atoms with Gasteiger partial charge in [0, 0.05) is 35.3 Å². The van der Waals surface area contributed by atoms with E-state index in [1.165, 1.54) is 0 Å². The third-order valence-corrected chi connectivity index (χ3v) is 8.00. The lowest BCUT2D eigenvalue weighted by Crippen LogP contribution is -2.33. The van der Waals surface area contributed by atoms with Gasteiger partial charge < -0.3 is 14.7 Å². The number of aliphatic carboxylic acids is 1. The SMILES string of the molecule is Cc1[nH]nc(C2CCN(c3ccc(C4(C(=O)O)CC4)cc3)CC2)c1NC(=O)OC(C)c1ccccc1Cl. The van der Waals surface area contributed by atoms with Gasteiger partial charge in [0.25, 0.3) is 0 Å². The molecule has 0 spiro atoms. The Morgan fingerprint density at radius 2 is 1.84 bits per heavy atom. The molecule has 2 fully saturated rings. The highest BCUT2D eigenvalue weighted by molar-refractivity contribution is 6.31. The van der Waals surface area contributed by atoms with E-state index in [4.69, 9.17) is 16.3 Å². The van der Waals surface area contributed by atoms with Gasteiger partial charge in [-0.05, 0) is 63.3 Å². The van der Waals surface area contributed by atoms with Crippen molar-refractivity contribution in [1.29, 1.82) is 0 Å². The number of hydrogen-bond acceptors (Lipinski definition) is 5. The Morgan fingerprint density at radius 1 is 1.16 bits per heavy atom. The normalized spacial score (nSPS) is 17.8. The van der Waals surface area contributed by atoms with Crippen molar-refractivity contribution in [2.45, 2.75) is 57.0 Å². The van der Waals surface area contributed by atoms with Crippen LogP contribution >= 0.6 is 11.6 Å². The second-order valence-corrected chi connectivity index (χ2v) is 10.4. The monoisotopic (exact) mass is 522 g/mol. The molecule has 37 heavy (non-hydrogen) atoms. The molecule has 2 aromatic carbocycles. The van der Waals surface area contributed by atoms with E-state index in [-0.39, 0.29) is 5.92 Å². The number of nitrogens with one attached hydrogen (secondary N) is 2. The smallest absolute Gasteiger partial charge is 0.412 e. The number of aromatic amines is 1. The molecule has 1 aliphatic heterocycles. The van der Waals surface area contributed by atoms with E-state index in [0.29, 0.717) is 23.6 Å². The first-order chi connectivity index (χ1) is 17.8. The average Bonchev–Trinajstić information content (AvgIpc) is 3.64. The standard InChI is InChI=1S/C28H31ClN4O4/c1-17-24(30-27(36)37-18(2)22-5-3-4-6-23(22)29)25(32-31-17)19-11-15-33(16-12-19)21-9-7-20(8-10-21)28(13-14-28)26(34)35/h3-10,18-19H,11-16H2,1-2H3,(H,30,36)(H,31,32)(H,34,35). The van der Waals surface area contributed by atoms with Gasteiger partial charge in [0.15, 0.2) is 0 Å². The highest BCUT2D eigenvalue weighted by Gasteiger charge is 2.51. The fraction of sp³-hybridized carbons (Fsp3) is 0.393. The van der Waals surface area contributed by atoms with E-state index in [9.17, 15) is 14.7 Å². The Kier molecular flexibility index (Phi) is 6.86. The van der Waals surface area contributed by atoms with Gasteiger partial charge in [0.2, 0.25) is 0 Å². The highest BCUT2D eigenvalue weighted by Crippen LogP contribution is 2.48. The summed E-state index contributed by atoms with van der Waals surface area (Å²) in [7, 11) is 0. The average molecular weight is 523 g/mol. The number of anilines is 2. The van der Waals surface area contributed by atoms with Crippen LogP contribution in [0.1, 0.15) is 67.1 Å². The Bertz CT molecular complexity index is 1290. The number of piperidine rings is 1. The fourth-order valence-electron chi connectivity index (χ4n) is 5.21. The first-order valence-electron chi connectivity index (χ1n) is 12.6. The Labute approximate surface area is 221 Å². The summed E-state index contributed by atoms with van der Waals surface area (Å²) in [5.74, 6) is -0.541. The summed E-state index contributed by atoms with van der Waals surface area (Å²) in [5.41, 5.74) is 4.34. The maximum Gasteiger partial charge on any atom is 0.412 e. The van der Waals surface area contributed by atoms with Crippen LogP contribution < -0.4 is 10.2 Å². The van der Waals surface area contributed by atoms with Crippen molar-refractivity contribution in [3.05, 3.63) is 76.1 Å². The molecule has 9 heteroatoms. The first kappa shape index (κ1) is 25.1. The molecule has 194 valence electrons. The molecule has 5 rings (SSSR count). The molecule has 1 aliphatic carbocycles. The number of carbonyl (C=O) groups is 2. The van der Waals surface area contributed by atoms with Crippen LogP contribution in [0.5, 0.6) is 0 Å². The zero-order valence-electron chi connectivity index (χ0n) is 21.0. The molecule has 8 nitrogen and oxygen atoms in total. The van der Waals surface area contributed by atoms with Crippen LogP contribution in [0, 0.1) is 6.92 Å². The topological polar surface area (TPSA) is 108 Å². The molecular formula is C28H31ClN4O4. The Morgan fingerprint density at radius 3 is 2.46 bits per heavy atom. The third kappa shape index (κ3) is 5.03. The second-order valence-electron chi connectivity index (χ2n) is 10.00. The molecule has 2 aliphatic rings. The summed E-state index contributed by atoms with van der Waals surface area (Å²) in [6.07, 6.45) is 2.13. The van der Waals surface area contributed by atoms with Crippen LogP contribution in [-0.4, -0.2) is 40.5 Å². The van der Waals surface area contributed by atoms with Crippen LogP contribution in [0.15, 0.2) is 48.5 Å². The van der Waals surface area contributed by atoms with E-state index in [1.54, 1.807) is 13.0 Å². The number of carbonyl (C=O) groups excluding carboxylic acids is 1. The predicted molar refractivity (Wildman–Crippen MR) is 142 cm³/mol. The number of halogens is 1. The van der Waals surface area contributed by atoms with Gasteiger partial charge in [-0.25, -0.2) is 4.79 Å². The van der Waals surface area contributed by atoms with Crippen molar-refractivity contribution in [2.75, 3.05) is 23.3 Å². The number of rotatable bonds is 7. The number of ether oxygens (including phenoxy) is 1. The molecule has 1 amide bonds. The van der Waals surface area contributed by atoms with Crippen LogP contribution in [-0.2, 0) is 14.9 Å². The minimum atomic E-state index is -0.734. The van der Waals surface area contributed by atoms with E-state index in [0.717, 1.165) is 54.1 Å². The van der Waals surface area contributed by atoms with Crippen molar-refractivity contribution in [3.8, 4) is 0 Å². The Balaban J connectivity index is 1.20. The summed E-state index contributed by atoms with van der Waals surface area (Å²) in [5, 5.41) is 20.5. The molecule has 1 unspecified atom stereocenters. The number of nitrogens with zero attached hydrogens (tertiary/aromatic N) is 2. The number of hydrogen-bond donors (Lipinski definition) is 3. The number of benzene rings is 2. The zero-order chi connectivity index (χ0) is 26.2. The summed E-state index contributed by atoms with van der Waals surface area (Å²) in [4.78, 5) is 26.6. The molecule has 1 atom stereocenters. The van der Waals surface area contributed by atoms with Crippen molar-refractivity contribution in [2.24, 2.45) is 0 Å². The van der Waals surface area contributed by atoms with Crippen molar-refractivity contribution >= 4 is 35.0 Å². The minimum absolute atomic E-state index is 0.193. The number of carboxylic acids is 1. The molecule has 1 saturated heterocycles. The lowest BCUT2D eigenvalue weighted by Gasteiger charge is -2.33. The van der Waals surface area contributed by atoms with Gasteiger partial charge in [-0.3, -0.25) is 15.2 Å². The zero-order valence-corrected chi connectivity index (χ0v) is 21.7. The Hall–Kier alpha value is -3.52. The first-order valence-corrected chi connectivity index (χ1v) is 13.0. The van der Waals surface area contributed by atoms with Crippen LogP contribution in [0.4, 0.5) is 16.2 Å². The molecule has 2 heterocycles. The van der Waals surface area contributed by atoms with Gasteiger partial charge in [-0.1, -0.05) is 41.9 Å². The number of aryl methyl sites for hydroxylation is 1. The van der Waals surface area contributed by atoms with Gasteiger partial charge in [0.05, 0.1) is 22.5 Å². The quantitative estimate of drug-likeness (QED) is 0.342. The van der Waals surface area contributed by atoms with Gasteiger partial charge >= 0.3 is 12.1 Å². The second kappa shape index (κ2) is 10.1. The number of amides is 1. The molecule has 0 bridgehead atoms. The maximum absolute atomic E-state index is 12.7. The molecule has 3 N–H and O–H groups in total. The molecule has 1 aromatic heterocycles. The number of carboxylic acid groups (broad SMARTS) is 1. The summed E-state index contributed by atoms with van der Waals surface area (Å²) >= 11 is 6.24. The van der Waals surface area contributed by atoms with Crippen molar-refractivity contribution < 1.29 is 19.4 Å². The lowest BCUT2D eigenvalue weighted by molar-refractivity contribution is -0.140. The largest absolute Gasteiger partial charge is 0.481 e. The molecule has 0 radical (unpaired) electrons. The fourth-order valence-corrected chi connectivity index (χ4v) is 5.50. The third-order valence-electron chi connectivity index (χ3n) is 7.66.